The van der Waals surface area contributed by atoms with E-state index in [0.717, 1.165) is 22.2 Å². The molecule has 1 N–H and O–H groups in total. The average Bonchev–Trinajstić information content (AvgIpc) is 2.81. The Kier molecular flexibility index (Phi) is 9.97. The van der Waals surface area contributed by atoms with Crippen LogP contribution in [0.1, 0.15) is 31.9 Å². The van der Waals surface area contributed by atoms with E-state index in [9.17, 15) is 28.1 Å². The van der Waals surface area contributed by atoms with Crippen LogP contribution in [0.25, 0.3) is 0 Å². The van der Waals surface area contributed by atoms with Crippen LogP contribution in [0.4, 0.5) is 11.4 Å². The molecule has 10 nitrogen and oxygen atoms in total. The SMILES string of the molecule is Cc1ccc([N+](=O)[O-])cc1N(CC(=O)N(CCc1ccccc1)[C@H](C)C(=O)NCC(C)C)S(C)(=O)=O. The number of nitro benzene ring substituents is 1. The van der Waals surface area contributed by atoms with Crippen LogP contribution in [-0.2, 0) is 26.0 Å². The summed E-state index contributed by atoms with van der Waals surface area (Å²) in [6, 6.07) is 12.4. The maximum atomic E-state index is 13.5. The Labute approximate surface area is 212 Å². The molecule has 0 bridgehead atoms. The van der Waals surface area contributed by atoms with Crippen molar-refractivity contribution in [2.24, 2.45) is 5.92 Å². The molecule has 0 saturated carbocycles. The number of sulfonamides is 1. The van der Waals surface area contributed by atoms with Gasteiger partial charge >= 0.3 is 0 Å². The molecule has 2 rings (SSSR count). The molecule has 196 valence electrons. The lowest BCUT2D eigenvalue weighted by Gasteiger charge is -2.32. The molecule has 0 aliphatic carbocycles. The third-order valence-corrected chi connectivity index (χ3v) is 6.81. The van der Waals surface area contributed by atoms with Crippen molar-refractivity contribution >= 4 is 33.2 Å². The van der Waals surface area contributed by atoms with Gasteiger partial charge in [-0.05, 0) is 37.3 Å². The summed E-state index contributed by atoms with van der Waals surface area (Å²) in [5.41, 5.74) is 1.16. The Balaban J connectivity index is 2.38. The molecule has 0 aliphatic heterocycles. The molecule has 2 aromatic carbocycles. The summed E-state index contributed by atoms with van der Waals surface area (Å²) in [6.45, 7) is 7.14. The maximum Gasteiger partial charge on any atom is 0.271 e. The van der Waals surface area contributed by atoms with Crippen LogP contribution in [0.2, 0.25) is 0 Å². The van der Waals surface area contributed by atoms with Crippen LogP contribution in [0.3, 0.4) is 0 Å². The largest absolute Gasteiger partial charge is 0.354 e. The Morgan fingerprint density at radius 3 is 2.28 bits per heavy atom. The monoisotopic (exact) mass is 518 g/mol. The predicted molar refractivity (Wildman–Crippen MR) is 139 cm³/mol. The topological polar surface area (TPSA) is 130 Å². The third kappa shape index (κ3) is 8.04. The summed E-state index contributed by atoms with van der Waals surface area (Å²) in [6.07, 6.45) is 1.40. The molecule has 11 heteroatoms. The number of amides is 2. The molecular formula is C25H34N4O6S. The number of rotatable bonds is 12. The zero-order valence-corrected chi connectivity index (χ0v) is 22.1. The van der Waals surface area contributed by atoms with E-state index in [-0.39, 0.29) is 29.7 Å². The summed E-state index contributed by atoms with van der Waals surface area (Å²) in [4.78, 5) is 38.3. The van der Waals surface area contributed by atoms with Gasteiger partial charge in [0.05, 0.1) is 16.9 Å². The van der Waals surface area contributed by atoms with Crippen molar-refractivity contribution in [3.05, 3.63) is 69.8 Å². The van der Waals surface area contributed by atoms with Gasteiger partial charge in [0.2, 0.25) is 21.8 Å². The van der Waals surface area contributed by atoms with Gasteiger partial charge in [-0.15, -0.1) is 0 Å². The van der Waals surface area contributed by atoms with Crippen LogP contribution in [0.5, 0.6) is 0 Å². The molecule has 0 spiro atoms. The summed E-state index contributed by atoms with van der Waals surface area (Å²) < 4.78 is 26.2. The molecule has 0 fully saturated rings. The standard InChI is InChI=1S/C25H34N4O6S/c1-18(2)16-26-25(31)20(4)27(14-13-21-9-7-6-8-10-21)24(30)17-28(36(5,34)35)23-15-22(29(32)33)12-11-19(23)3/h6-12,15,18,20H,13-14,16-17H2,1-5H3,(H,26,31)/t20-/m1/s1. The van der Waals surface area contributed by atoms with Gasteiger partial charge in [-0.3, -0.25) is 24.0 Å². The Morgan fingerprint density at radius 2 is 1.72 bits per heavy atom. The minimum atomic E-state index is -3.98. The number of aryl methyl sites for hydroxylation is 1. The molecule has 1 atom stereocenters. The maximum absolute atomic E-state index is 13.5. The summed E-state index contributed by atoms with van der Waals surface area (Å²) in [5, 5.41) is 14.1. The first-order chi connectivity index (χ1) is 16.8. The number of anilines is 1. The predicted octanol–water partition coefficient (Wildman–Crippen LogP) is 2.90. The molecule has 36 heavy (non-hydrogen) atoms. The van der Waals surface area contributed by atoms with Crippen LogP contribution in [0.15, 0.2) is 48.5 Å². The number of nitrogens with zero attached hydrogens (tertiary/aromatic N) is 3. The van der Waals surface area contributed by atoms with Gasteiger partial charge in [0, 0.05) is 25.2 Å². The molecule has 0 aromatic heterocycles. The van der Waals surface area contributed by atoms with Gasteiger partial charge in [0.25, 0.3) is 5.69 Å². The molecular weight excluding hydrogens is 484 g/mol. The summed E-state index contributed by atoms with van der Waals surface area (Å²) >= 11 is 0. The van der Waals surface area contributed by atoms with Crippen molar-refractivity contribution in [2.45, 2.75) is 40.2 Å². The minimum Gasteiger partial charge on any atom is -0.354 e. The van der Waals surface area contributed by atoms with Gasteiger partial charge in [0.1, 0.15) is 12.6 Å². The van der Waals surface area contributed by atoms with Crippen molar-refractivity contribution in [1.29, 1.82) is 0 Å². The van der Waals surface area contributed by atoms with Crippen LogP contribution < -0.4 is 9.62 Å². The fourth-order valence-corrected chi connectivity index (χ4v) is 4.50. The smallest absolute Gasteiger partial charge is 0.271 e. The number of benzene rings is 2. The number of nitro groups is 1. The second-order valence-corrected chi connectivity index (χ2v) is 11.0. The van der Waals surface area contributed by atoms with E-state index in [0.29, 0.717) is 18.5 Å². The first-order valence-corrected chi connectivity index (χ1v) is 13.5. The lowest BCUT2D eigenvalue weighted by molar-refractivity contribution is -0.384. The number of carbonyl (C=O) groups is 2. The fraction of sp³-hybridized carbons (Fsp3) is 0.440. The highest BCUT2D eigenvalue weighted by molar-refractivity contribution is 7.92. The van der Waals surface area contributed by atoms with E-state index in [1.165, 1.54) is 17.0 Å². The second kappa shape index (κ2) is 12.5. The van der Waals surface area contributed by atoms with Crippen LogP contribution in [-0.4, -0.2) is 62.0 Å². The van der Waals surface area contributed by atoms with E-state index in [4.69, 9.17) is 0 Å². The zero-order valence-electron chi connectivity index (χ0n) is 21.3. The number of hydrogen-bond acceptors (Lipinski definition) is 6. The fourth-order valence-electron chi connectivity index (χ4n) is 3.60. The summed E-state index contributed by atoms with van der Waals surface area (Å²) in [5.74, 6) is -0.718. The van der Waals surface area contributed by atoms with Crippen molar-refractivity contribution in [3.63, 3.8) is 0 Å². The van der Waals surface area contributed by atoms with E-state index in [1.54, 1.807) is 13.8 Å². The van der Waals surface area contributed by atoms with E-state index in [2.05, 4.69) is 5.32 Å². The van der Waals surface area contributed by atoms with E-state index in [1.807, 2.05) is 44.2 Å². The van der Waals surface area contributed by atoms with Crippen molar-refractivity contribution in [3.8, 4) is 0 Å². The van der Waals surface area contributed by atoms with Gasteiger partial charge < -0.3 is 10.2 Å². The number of hydrogen-bond donors (Lipinski definition) is 1. The third-order valence-electron chi connectivity index (χ3n) is 5.69. The van der Waals surface area contributed by atoms with Gasteiger partial charge in [-0.25, -0.2) is 8.42 Å². The molecule has 2 amide bonds. The van der Waals surface area contributed by atoms with Crippen molar-refractivity contribution in [2.75, 3.05) is 30.2 Å². The normalized spacial score (nSPS) is 12.2. The molecule has 0 saturated heterocycles. The molecule has 0 radical (unpaired) electrons. The number of carbonyl (C=O) groups excluding carboxylic acids is 2. The van der Waals surface area contributed by atoms with E-state index < -0.39 is 33.4 Å². The second-order valence-electron chi connectivity index (χ2n) is 9.14. The molecule has 0 unspecified atom stereocenters. The quantitative estimate of drug-likeness (QED) is 0.340. The van der Waals surface area contributed by atoms with Crippen molar-refractivity contribution < 1.29 is 22.9 Å². The molecule has 0 aliphatic rings. The Hall–Kier alpha value is -3.47. The van der Waals surface area contributed by atoms with Gasteiger partial charge in [0.15, 0.2) is 0 Å². The highest BCUT2D eigenvalue weighted by Gasteiger charge is 2.31. The van der Waals surface area contributed by atoms with E-state index >= 15 is 0 Å². The van der Waals surface area contributed by atoms with Gasteiger partial charge in [-0.2, -0.15) is 0 Å². The molecule has 2 aromatic rings. The first kappa shape index (κ1) is 28.8. The summed E-state index contributed by atoms with van der Waals surface area (Å²) in [7, 11) is -3.98. The average molecular weight is 519 g/mol. The lowest BCUT2D eigenvalue weighted by Crippen LogP contribution is -2.52. The van der Waals surface area contributed by atoms with Crippen molar-refractivity contribution in [1.82, 2.24) is 10.2 Å². The highest BCUT2D eigenvalue weighted by atomic mass is 32.2. The Bertz CT molecular complexity index is 1180. The Morgan fingerprint density at radius 1 is 1.08 bits per heavy atom. The molecule has 0 heterocycles. The van der Waals surface area contributed by atoms with Gasteiger partial charge in [-0.1, -0.05) is 50.2 Å². The van der Waals surface area contributed by atoms with Crippen LogP contribution in [0, 0.1) is 23.0 Å². The minimum absolute atomic E-state index is 0.0416. The highest BCUT2D eigenvalue weighted by Crippen LogP contribution is 2.27. The number of nitrogens with one attached hydrogen (secondary N) is 1. The first-order valence-electron chi connectivity index (χ1n) is 11.6. The zero-order chi connectivity index (χ0) is 27.0. The number of non-ortho nitro benzene ring substituents is 1. The van der Waals surface area contributed by atoms with Crippen LogP contribution >= 0.6 is 0 Å². The lowest BCUT2D eigenvalue weighted by atomic mass is 10.1.